The van der Waals surface area contributed by atoms with Gasteiger partial charge in [0.05, 0.1) is 19.2 Å². The Morgan fingerprint density at radius 1 is 1.38 bits per heavy atom. The summed E-state index contributed by atoms with van der Waals surface area (Å²) in [5.74, 6) is 0.357. The highest BCUT2D eigenvalue weighted by molar-refractivity contribution is 5.80. The molecule has 2 N–H and O–H groups in total. The molecule has 0 aliphatic carbocycles. The molecule has 1 atom stereocenters. The molecule has 112 valence electrons. The molecule has 2 rings (SSSR count). The fourth-order valence-electron chi connectivity index (χ4n) is 2.10. The third-order valence-electron chi connectivity index (χ3n) is 3.34. The highest BCUT2D eigenvalue weighted by Gasteiger charge is 2.28. The largest absolute Gasteiger partial charge is 0.494 e. The van der Waals surface area contributed by atoms with Crippen molar-refractivity contribution in [3.05, 3.63) is 36.5 Å². The molecule has 5 heteroatoms. The molecule has 0 saturated heterocycles. The van der Waals surface area contributed by atoms with Crippen molar-refractivity contribution in [3.8, 4) is 5.75 Å². The Morgan fingerprint density at radius 3 is 2.95 bits per heavy atom. The summed E-state index contributed by atoms with van der Waals surface area (Å²) < 4.78 is 10.3. The number of carbonyl (C=O) groups is 1. The highest BCUT2D eigenvalue weighted by atomic mass is 16.5. The van der Waals surface area contributed by atoms with Gasteiger partial charge in [-0.05, 0) is 38.0 Å². The number of nitrogens with two attached hydrogens (primary N) is 1. The lowest BCUT2D eigenvalue weighted by Crippen LogP contribution is -2.45. The fraction of sp³-hybridized carbons (Fsp3) is 0.375. The Labute approximate surface area is 124 Å². The van der Waals surface area contributed by atoms with E-state index < -0.39 is 11.5 Å². The summed E-state index contributed by atoms with van der Waals surface area (Å²) in [6, 6.07) is 9.68. The first-order valence-corrected chi connectivity index (χ1v) is 6.88. The number of pyridine rings is 1. The van der Waals surface area contributed by atoms with Crippen LogP contribution in [0.3, 0.4) is 0 Å². The first kappa shape index (κ1) is 15.3. The van der Waals surface area contributed by atoms with Crippen molar-refractivity contribution in [2.75, 3.05) is 13.7 Å². The predicted molar refractivity (Wildman–Crippen MR) is 81.1 cm³/mol. The van der Waals surface area contributed by atoms with E-state index in [1.807, 2.05) is 30.3 Å². The van der Waals surface area contributed by atoms with Gasteiger partial charge in [0.2, 0.25) is 0 Å². The van der Waals surface area contributed by atoms with E-state index in [2.05, 4.69) is 9.72 Å². The maximum Gasteiger partial charge on any atom is 0.325 e. The summed E-state index contributed by atoms with van der Waals surface area (Å²) in [5.41, 5.74) is 5.81. The zero-order valence-electron chi connectivity index (χ0n) is 12.3. The summed E-state index contributed by atoms with van der Waals surface area (Å²) in [6.07, 6.45) is 2.93. The van der Waals surface area contributed by atoms with Gasteiger partial charge in [0.25, 0.3) is 0 Å². The van der Waals surface area contributed by atoms with Gasteiger partial charge >= 0.3 is 5.97 Å². The van der Waals surface area contributed by atoms with Gasteiger partial charge < -0.3 is 15.2 Å². The Morgan fingerprint density at radius 2 is 2.19 bits per heavy atom. The second-order valence-electron chi connectivity index (χ2n) is 5.22. The van der Waals surface area contributed by atoms with Gasteiger partial charge in [-0.1, -0.05) is 6.07 Å². The lowest BCUT2D eigenvalue weighted by Gasteiger charge is -2.21. The zero-order chi connectivity index (χ0) is 15.3. The van der Waals surface area contributed by atoms with Crippen molar-refractivity contribution in [1.29, 1.82) is 0 Å². The van der Waals surface area contributed by atoms with Crippen LogP contribution < -0.4 is 10.5 Å². The van der Waals surface area contributed by atoms with Crippen LogP contribution in [0.1, 0.15) is 19.8 Å². The number of aromatic nitrogens is 1. The first-order chi connectivity index (χ1) is 10.0. The molecule has 2 aromatic rings. The number of esters is 1. The number of rotatable bonds is 6. The van der Waals surface area contributed by atoms with E-state index >= 15 is 0 Å². The van der Waals surface area contributed by atoms with E-state index in [9.17, 15) is 4.79 Å². The maximum absolute atomic E-state index is 11.4. The third kappa shape index (κ3) is 3.92. The first-order valence-electron chi connectivity index (χ1n) is 6.88. The topological polar surface area (TPSA) is 74.4 Å². The van der Waals surface area contributed by atoms with Gasteiger partial charge in [-0.2, -0.15) is 0 Å². The van der Waals surface area contributed by atoms with Gasteiger partial charge in [-0.3, -0.25) is 9.78 Å². The second-order valence-corrected chi connectivity index (χ2v) is 5.22. The molecule has 0 saturated carbocycles. The molecule has 0 fully saturated rings. The summed E-state index contributed by atoms with van der Waals surface area (Å²) in [7, 11) is 1.34. The van der Waals surface area contributed by atoms with Gasteiger partial charge in [0.15, 0.2) is 0 Å². The van der Waals surface area contributed by atoms with Gasteiger partial charge in [0.1, 0.15) is 11.3 Å². The van der Waals surface area contributed by atoms with Crippen LogP contribution >= 0.6 is 0 Å². The van der Waals surface area contributed by atoms with E-state index in [4.69, 9.17) is 10.5 Å². The molecule has 0 amide bonds. The van der Waals surface area contributed by atoms with Crippen LogP contribution in [0.15, 0.2) is 36.5 Å². The van der Waals surface area contributed by atoms with Crippen molar-refractivity contribution >= 4 is 16.9 Å². The van der Waals surface area contributed by atoms with Gasteiger partial charge in [-0.15, -0.1) is 0 Å². The van der Waals surface area contributed by atoms with Crippen molar-refractivity contribution in [2.24, 2.45) is 5.73 Å². The van der Waals surface area contributed by atoms with Crippen molar-refractivity contribution in [3.63, 3.8) is 0 Å². The lowest BCUT2D eigenvalue weighted by atomic mass is 9.98. The average Bonchev–Trinajstić information content (AvgIpc) is 2.50. The van der Waals surface area contributed by atoms with Crippen LogP contribution in [0, 0.1) is 0 Å². The molecular weight excluding hydrogens is 268 g/mol. The number of hydrogen-bond donors (Lipinski definition) is 1. The number of carbonyl (C=O) groups excluding carboxylic acids is 1. The van der Waals surface area contributed by atoms with Crippen LogP contribution in [0.2, 0.25) is 0 Å². The number of hydrogen-bond acceptors (Lipinski definition) is 5. The quantitative estimate of drug-likeness (QED) is 0.652. The Bertz CT molecular complexity index is 626. The lowest BCUT2D eigenvalue weighted by molar-refractivity contribution is -0.146. The van der Waals surface area contributed by atoms with Gasteiger partial charge in [0, 0.05) is 17.6 Å². The maximum atomic E-state index is 11.4. The fourth-order valence-corrected chi connectivity index (χ4v) is 2.10. The molecule has 1 aromatic carbocycles. The van der Waals surface area contributed by atoms with E-state index in [1.165, 1.54) is 7.11 Å². The number of benzene rings is 1. The molecule has 5 nitrogen and oxygen atoms in total. The molecule has 0 spiro atoms. The van der Waals surface area contributed by atoms with E-state index in [-0.39, 0.29) is 0 Å². The van der Waals surface area contributed by atoms with Crippen molar-refractivity contribution < 1.29 is 14.3 Å². The molecule has 21 heavy (non-hydrogen) atoms. The minimum Gasteiger partial charge on any atom is -0.494 e. The molecule has 1 heterocycles. The van der Waals surface area contributed by atoms with Gasteiger partial charge in [-0.25, -0.2) is 0 Å². The molecule has 1 unspecified atom stereocenters. The third-order valence-corrected chi connectivity index (χ3v) is 3.34. The van der Waals surface area contributed by atoms with Crippen LogP contribution in [-0.2, 0) is 9.53 Å². The summed E-state index contributed by atoms with van der Waals surface area (Å²) >= 11 is 0. The Balaban J connectivity index is 1.86. The van der Waals surface area contributed by atoms with Crippen molar-refractivity contribution in [2.45, 2.75) is 25.3 Å². The number of nitrogens with zero attached hydrogens (tertiary/aromatic N) is 1. The average molecular weight is 288 g/mol. The number of fused-ring (bicyclic) bond motifs is 1. The zero-order valence-corrected chi connectivity index (χ0v) is 12.3. The van der Waals surface area contributed by atoms with Crippen molar-refractivity contribution in [1.82, 2.24) is 4.98 Å². The minimum atomic E-state index is -0.969. The minimum absolute atomic E-state index is 0.405. The highest BCUT2D eigenvalue weighted by Crippen LogP contribution is 2.19. The molecule has 0 bridgehead atoms. The van der Waals surface area contributed by atoms with Crippen LogP contribution in [0.5, 0.6) is 5.75 Å². The van der Waals surface area contributed by atoms with E-state index in [1.54, 1.807) is 13.1 Å². The SMILES string of the molecule is COC(=O)C(C)(N)CCCOc1ccc2cccnc2c1. The van der Waals surface area contributed by atoms with E-state index in [0.29, 0.717) is 19.4 Å². The Kier molecular flexibility index (Phi) is 4.75. The van der Waals surface area contributed by atoms with E-state index in [0.717, 1.165) is 16.7 Å². The Hall–Kier alpha value is -2.14. The molecule has 0 aliphatic rings. The normalized spacial score (nSPS) is 13.7. The second kappa shape index (κ2) is 6.54. The number of methoxy groups -OCH3 is 1. The van der Waals surface area contributed by atoms with Crippen LogP contribution in [0.4, 0.5) is 0 Å². The monoisotopic (exact) mass is 288 g/mol. The molecule has 0 radical (unpaired) electrons. The smallest absolute Gasteiger partial charge is 0.325 e. The standard InChI is InChI=1S/C16H20N2O3/c1-16(17,15(19)20-2)8-4-10-21-13-7-6-12-5-3-9-18-14(12)11-13/h3,5-7,9,11H,4,8,10,17H2,1-2H3. The number of ether oxygens (including phenoxy) is 2. The molecule has 1 aromatic heterocycles. The van der Waals surface area contributed by atoms with Crippen LogP contribution in [-0.4, -0.2) is 30.2 Å². The summed E-state index contributed by atoms with van der Waals surface area (Å²) in [5, 5.41) is 1.07. The van der Waals surface area contributed by atoms with Crippen LogP contribution in [0.25, 0.3) is 10.9 Å². The summed E-state index contributed by atoms with van der Waals surface area (Å²) in [6.45, 7) is 2.15. The summed E-state index contributed by atoms with van der Waals surface area (Å²) in [4.78, 5) is 15.7. The predicted octanol–water partition coefficient (Wildman–Crippen LogP) is 2.28. The molecular formula is C16H20N2O3. The molecule has 0 aliphatic heterocycles.